The first-order valence-corrected chi connectivity index (χ1v) is 14.6. The van der Waals surface area contributed by atoms with Crippen LogP contribution in [-0.4, -0.2) is 60.8 Å². The van der Waals surface area contributed by atoms with Crippen molar-refractivity contribution >= 4 is 23.6 Å². The molecule has 0 fully saturated rings. The Labute approximate surface area is 253 Å². The Morgan fingerprint density at radius 1 is 0.977 bits per heavy atom. The predicted molar refractivity (Wildman–Crippen MR) is 166 cm³/mol. The Morgan fingerprint density at radius 3 is 2.26 bits per heavy atom. The Morgan fingerprint density at radius 2 is 1.63 bits per heavy atom. The molecule has 9 heteroatoms. The number of fused-ring (bicyclic) bond motifs is 1. The van der Waals surface area contributed by atoms with E-state index in [0.717, 1.165) is 11.1 Å². The van der Waals surface area contributed by atoms with Crippen molar-refractivity contribution in [2.75, 3.05) is 31.2 Å². The van der Waals surface area contributed by atoms with Crippen molar-refractivity contribution in [2.45, 2.75) is 59.1 Å². The summed E-state index contributed by atoms with van der Waals surface area (Å²) in [7, 11) is 0. The summed E-state index contributed by atoms with van der Waals surface area (Å²) in [5.74, 6) is 0.452. The zero-order valence-corrected chi connectivity index (χ0v) is 25.6. The number of ether oxygens (including phenoxy) is 3. The molecule has 1 unspecified atom stereocenters. The molecule has 0 spiro atoms. The first kappa shape index (κ1) is 31.4. The fraction of sp³-hybridized carbons (Fsp3) is 0.382. The van der Waals surface area contributed by atoms with Gasteiger partial charge in [0.05, 0.1) is 24.4 Å². The highest BCUT2D eigenvalue weighted by Crippen LogP contribution is 2.35. The number of anilines is 1. The van der Waals surface area contributed by atoms with Crippen molar-refractivity contribution in [3.8, 4) is 11.5 Å². The fourth-order valence-electron chi connectivity index (χ4n) is 5.22. The van der Waals surface area contributed by atoms with Crippen LogP contribution in [0.5, 0.6) is 11.5 Å². The van der Waals surface area contributed by atoms with Crippen molar-refractivity contribution in [2.24, 2.45) is 5.73 Å². The van der Waals surface area contributed by atoms with Gasteiger partial charge in [-0.3, -0.25) is 9.59 Å². The van der Waals surface area contributed by atoms with Crippen LogP contribution in [0.1, 0.15) is 66.5 Å². The molecule has 1 aliphatic heterocycles. The number of hydrogen-bond donors (Lipinski definition) is 1. The highest BCUT2D eigenvalue weighted by molar-refractivity contribution is 6.11. The molecule has 3 amide bonds. The molecule has 4 rings (SSSR count). The van der Waals surface area contributed by atoms with Gasteiger partial charge in [0.2, 0.25) is 0 Å². The number of hydrogen-bond acceptors (Lipinski definition) is 6. The number of primary amides is 1. The van der Waals surface area contributed by atoms with Crippen LogP contribution in [0.3, 0.4) is 0 Å². The first-order chi connectivity index (χ1) is 20.5. The SMILES string of the molecule is CCOc1ccccc1OCCN(C(=O)OC(C)(C)C)C(C)Cc1cc2c(c(C(N)=O)c1)N(C(=O)c1ccccc1)CC2. The van der Waals surface area contributed by atoms with Gasteiger partial charge < -0.3 is 29.7 Å². The van der Waals surface area contributed by atoms with E-state index in [2.05, 4.69) is 0 Å². The number of nitrogens with zero attached hydrogens (tertiary/aromatic N) is 2. The lowest BCUT2D eigenvalue weighted by atomic mass is 9.97. The molecule has 0 saturated carbocycles. The Balaban J connectivity index is 1.55. The van der Waals surface area contributed by atoms with E-state index < -0.39 is 17.6 Å². The molecule has 1 heterocycles. The molecule has 9 nitrogen and oxygen atoms in total. The maximum atomic E-state index is 13.3. The number of benzene rings is 3. The van der Waals surface area contributed by atoms with Gasteiger partial charge in [0, 0.05) is 18.2 Å². The minimum absolute atomic E-state index is 0.176. The topological polar surface area (TPSA) is 111 Å². The zero-order valence-electron chi connectivity index (χ0n) is 25.6. The van der Waals surface area contributed by atoms with Gasteiger partial charge in [-0.15, -0.1) is 0 Å². The third-order valence-corrected chi connectivity index (χ3v) is 7.08. The van der Waals surface area contributed by atoms with Gasteiger partial charge in [0.25, 0.3) is 11.8 Å². The van der Waals surface area contributed by atoms with Crippen LogP contribution in [0, 0.1) is 0 Å². The van der Waals surface area contributed by atoms with Crippen LogP contribution in [0.25, 0.3) is 0 Å². The van der Waals surface area contributed by atoms with E-state index in [0.29, 0.717) is 54.3 Å². The van der Waals surface area contributed by atoms with E-state index in [1.54, 1.807) is 28.0 Å². The van der Waals surface area contributed by atoms with Crippen LogP contribution < -0.4 is 20.1 Å². The van der Waals surface area contributed by atoms with Crippen molar-refractivity contribution in [3.05, 3.63) is 89.0 Å². The minimum Gasteiger partial charge on any atom is -0.490 e. The van der Waals surface area contributed by atoms with Crippen molar-refractivity contribution in [1.29, 1.82) is 0 Å². The van der Waals surface area contributed by atoms with Crippen LogP contribution in [-0.2, 0) is 17.6 Å². The molecule has 2 N–H and O–H groups in total. The van der Waals surface area contributed by atoms with E-state index in [-0.39, 0.29) is 25.1 Å². The molecule has 0 saturated heterocycles. The minimum atomic E-state index is -0.682. The summed E-state index contributed by atoms with van der Waals surface area (Å²) in [4.78, 5) is 42.5. The van der Waals surface area contributed by atoms with Crippen LogP contribution in [0.2, 0.25) is 0 Å². The highest BCUT2D eigenvalue weighted by Gasteiger charge is 2.32. The van der Waals surface area contributed by atoms with E-state index >= 15 is 0 Å². The average Bonchev–Trinajstić information content (AvgIpc) is 3.38. The van der Waals surface area contributed by atoms with E-state index in [1.165, 1.54) is 0 Å². The average molecular weight is 588 g/mol. The molecule has 3 aromatic carbocycles. The molecule has 228 valence electrons. The van der Waals surface area contributed by atoms with Crippen molar-refractivity contribution < 1.29 is 28.6 Å². The second-order valence-electron chi connectivity index (χ2n) is 11.5. The predicted octanol–water partition coefficient (Wildman–Crippen LogP) is 5.63. The fourth-order valence-corrected chi connectivity index (χ4v) is 5.22. The van der Waals surface area contributed by atoms with Crippen molar-refractivity contribution in [3.63, 3.8) is 0 Å². The van der Waals surface area contributed by atoms with Crippen LogP contribution in [0.4, 0.5) is 10.5 Å². The summed E-state index contributed by atoms with van der Waals surface area (Å²) in [6.45, 7) is 10.8. The maximum absolute atomic E-state index is 13.3. The van der Waals surface area contributed by atoms with Crippen molar-refractivity contribution in [1.82, 2.24) is 4.90 Å². The van der Waals surface area contributed by atoms with Gasteiger partial charge in [0.15, 0.2) is 11.5 Å². The number of nitrogens with two attached hydrogens (primary N) is 1. The summed E-state index contributed by atoms with van der Waals surface area (Å²) in [5.41, 5.74) is 8.26. The molecule has 0 aromatic heterocycles. The lowest BCUT2D eigenvalue weighted by molar-refractivity contribution is 0.0148. The molecule has 0 bridgehead atoms. The van der Waals surface area contributed by atoms with Gasteiger partial charge in [-0.2, -0.15) is 0 Å². The molecular weight excluding hydrogens is 546 g/mol. The Kier molecular flexibility index (Phi) is 9.95. The second-order valence-corrected chi connectivity index (χ2v) is 11.5. The lowest BCUT2D eigenvalue weighted by Crippen LogP contribution is -2.45. The number of carbonyl (C=O) groups is 3. The maximum Gasteiger partial charge on any atom is 0.410 e. The second kappa shape index (κ2) is 13.6. The molecule has 0 aliphatic carbocycles. The molecule has 43 heavy (non-hydrogen) atoms. The van der Waals surface area contributed by atoms with Gasteiger partial charge in [-0.05, 0) is 88.9 Å². The molecule has 3 aromatic rings. The standard InChI is InChI=1S/C34H41N3O6/c1-6-41-28-14-10-11-15-29(28)42-19-18-36(33(40)43-34(3,4)5)23(2)20-24-21-26-16-17-37(30(26)27(22-24)31(35)38)32(39)25-12-8-7-9-13-25/h7-15,21-23H,6,16-20H2,1-5H3,(H2,35,38). The summed E-state index contributed by atoms with van der Waals surface area (Å²) in [6, 6.07) is 19.8. The smallest absolute Gasteiger partial charge is 0.410 e. The van der Waals surface area contributed by atoms with E-state index in [1.807, 2.05) is 83.1 Å². The van der Waals surface area contributed by atoms with Crippen LogP contribution >= 0.6 is 0 Å². The van der Waals surface area contributed by atoms with E-state index in [4.69, 9.17) is 19.9 Å². The number of carbonyl (C=O) groups excluding carboxylic acids is 3. The molecular formula is C34H41N3O6. The first-order valence-electron chi connectivity index (χ1n) is 14.6. The summed E-state index contributed by atoms with van der Waals surface area (Å²) >= 11 is 0. The summed E-state index contributed by atoms with van der Waals surface area (Å²) in [6.07, 6.45) is 0.575. The quantitative estimate of drug-likeness (QED) is 0.311. The summed E-state index contributed by atoms with van der Waals surface area (Å²) in [5, 5.41) is 0. The van der Waals surface area contributed by atoms with E-state index in [9.17, 15) is 14.4 Å². The third-order valence-electron chi connectivity index (χ3n) is 7.08. The number of para-hydroxylation sites is 2. The number of rotatable bonds is 11. The zero-order chi connectivity index (χ0) is 31.1. The largest absolute Gasteiger partial charge is 0.490 e. The van der Waals surface area contributed by atoms with Gasteiger partial charge >= 0.3 is 6.09 Å². The third kappa shape index (κ3) is 7.85. The molecule has 0 radical (unpaired) electrons. The van der Waals surface area contributed by atoms with Gasteiger partial charge in [-0.25, -0.2) is 4.79 Å². The summed E-state index contributed by atoms with van der Waals surface area (Å²) < 4.78 is 17.4. The highest BCUT2D eigenvalue weighted by atomic mass is 16.6. The lowest BCUT2D eigenvalue weighted by Gasteiger charge is -2.32. The Bertz CT molecular complexity index is 1450. The number of amides is 3. The van der Waals surface area contributed by atoms with Crippen LogP contribution in [0.15, 0.2) is 66.7 Å². The van der Waals surface area contributed by atoms with Gasteiger partial charge in [-0.1, -0.05) is 36.4 Å². The monoisotopic (exact) mass is 587 g/mol. The van der Waals surface area contributed by atoms with Gasteiger partial charge in [0.1, 0.15) is 12.2 Å². The molecule has 1 atom stereocenters. The molecule has 1 aliphatic rings. The Hall–Kier alpha value is -4.53. The normalized spacial score (nSPS) is 13.2.